The van der Waals surface area contributed by atoms with Crippen molar-refractivity contribution in [2.24, 2.45) is 5.92 Å². The summed E-state index contributed by atoms with van der Waals surface area (Å²) in [6, 6.07) is 0.245. The summed E-state index contributed by atoms with van der Waals surface area (Å²) in [5.41, 5.74) is 0. The average Bonchev–Trinajstić information content (AvgIpc) is 2.54. The standard InChI is InChI=1S/C16H26F2N2O2/c17-15(18)11-19-7-5-12(6-8-19)16(21)20-9-10-22-14-4-2-1-3-13(14)20/h12-15H,1-11H2. The fraction of sp³-hybridized carbons (Fsp3) is 0.938. The fourth-order valence-corrected chi connectivity index (χ4v) is 4.16. The first kappa shape index (κ1) is 16.1. The zero-order valence-corrected chi connectivity index (χ0v) is 13.1. The second-order valence-corrected chi connectivity index (χ2v) is 6.76. The lowest BCUT2D eigenvalue weighted by Gasteiger charge is -2.45. The number of ether oxygens (including phenoxy) is 1. The number of amides is 1. The number of fused-ring (bicyclic) bond motifs is 1. The van der Waals surface area contributed by atoms with Gasteiger partial charge >= 0.3 is 0 Å². The van der Waals surface area contributed by atoms with Gasteiger partial charge in [-0.3, -0.25) is 9.69 Å². The van der Waals surface area contributed by atoms with Gasteiger partial charge in [-0.1, -0.05) is 12.8 Å². The molecule has 0 aromatic carbocycles. The molecule has 1 aliphatic carbocycles. The van der Waals surface area contributed by atoms with Crippen molar-refractivity contribution in [1.82, 2.24) is 9.80 Å². The molecule has 22 heavy (non-hydrogen) atoms. The van der Waals surface area contributed by atoms with Gasteiger partial charge in [-0.25, -0.2) is 8.78 Å². The van der Waals surface area contributed by atoms with E-state index in [1.165, 1.54) is 12.8 Å². The molecule has 2 atom stereocenters. The minimum atomic E-state index is -2.28. The molecule has 1 saturated carbocycles. The molecule has 3 rings (SSSR count). The summed E-state index contributed by atoms with van der Waals surface area (Å²) in [5.74, 6) is 0.242. The van der Waals surface area contributed by atoms with Gasteiger partial charge in [-0.2, -0.15) is 0 Å². The summed E-state index contributed by atoms with van der Waals surface area (Å²) in [6.07, 6.45) is 3.80. The van der Waals surface area contributed by atoms with E-state index in [9.17, 15) is 13.6 Å². The van der Waals surface area contributed by atoms with E-state index in [1.54, 1.807) is 4.90 Å². The molecule has 0 radical (unpaired) electrons. The van der Waals surface area contributed by atoms with Gasteiger partial charge in [0.25, 0.3) is 6.43 Å². The van der Waals surface area contributed by atoms with E-state index in [0.29, 0.717) is 39.1 Å². The Hall–Kier alpha value is -0.750. The summed E-state index contributed by atoms with van der Waals surface area (Å²) >= 11 is 0. The van der Waals surface area contributed by atoms with Crippen LogP contribution in [0.3, 0.4) is 0 Å². The summed E-state index contributed by atoms with van der Waals surface area (Å²) in [7, 11) is 0. The van der Waals surface area contributed by atoms with E-state index in [-0.39, 0.29) is 30.5 Å². The molecule has 0 bridgehead atoms. The Morgan fingerprint density at radius 2 is 1.82 bits per heavy atom. The Balaban J connectivity index is 1.55. The molecule has 2 saturated heterocycles. The lowest BCUT2D eigenvalue weighted by Crippen LogP contribution is -2.57. The minimum absolute atomic E-state index is 0.00889. The Bertz CT molecular complexity index is 384. The molecule has 3 aliphatic rings. The van der Waals surface area contributed by atoms with Crippen LogP contribution in [0.2, 0.25) is 0 Å². The average molecular weight is 316 g/mol. The lowest BCUT2D eigenvalue weighted by molar-refractivity contribution is -0.155. The zero-order valence-electron chi connectivity index (χ0n) is 13.1. The highest BCUT2D eigenvalue weighted by Gasteiger charge is 2.39. The van der Waals surface area contributed by atoms with E-state index in [4.69, 9.17) is 4.74 Å². The SMILES string of the molecule is O=C(C1CCN(CC(F)F)CC1)N1CCOC2CCCCC21. The zero-order chi connectivity index (χ0) is 15.5. The number of hydrogen-bond acceptors (Lipinski definition) is 3. The number of hydrogen-bond donors (Lipinski definition) is 0. The maximum Gasteiger partial charge on any atom is 0.251 e. The van der Waals surface area contributed by atoms with E-state index >= 15 is 0 Å². The Labute approximate surface area is 130 Å². The third-order valence-electron chi connectivity index (χ3n) is 5.35. The van der Waals surface area contributed by atoms with Crippen molar-refractivity contribution in [3.05, 3.63) is 0 Å². The van der Waals surface area contributed by atoms with Crippen molar-refractivity contribution >= 4 is 5.91 Å². The van der Waals surface area contributed by atoms with E-state index in [2.05, 4.69) is 0 Å². The predicted molar refractivity (Wildman–Crippen MR) is 78.9 cm³/mol. The van der Waals surface area contributed by atoms with Gasteiger partial charge in [0.05, 0.1) is 25.3 Å². The number of halogens is 2. The number of likely N-dealkylation sites (tertiary alicyclic amines) is 1. The molecule has 2 unspecified atom stereocenters. The van der Waals surface area contributed by atoms with Gasteiger partial charge in [0.1, 0.15) is 0 Å². The van der Waals surface area contributed by atoms with Gasteiger partial charge in [-0.15, -0.1) is 0 Å². The van der Waals surface area contributed by atoms with Gasteiger partial charge in [-0.05, 0) is 38.8 Å². The molecule has 0 spiro atoms. The van der Waals surface area contributed by atoms with Crippen LogP contribution in [0, 0.1) is 5.92 Å². The third-order valence-corrected chi connectivity index (χ3v) is 5.35. The number of nitrogens with zero attached hydrogens (tertiary/aromatic N) is 2. The molecule has 0 N–H and O–H groups in total. The van der Waals surface area contributed by atoms with E-state index in [0.717, 1.165) is 12.8 Å². The van der Waals surface area contributed by atoms with Crippen LogP contribution in [0.15, 0.2) is 0 Å². The van der Waals surface area contributed by atoms with Gasteiger partial charge in [0.2, 0.25) is 5.91 Å². The summed E-state index contributed by atoms with van der Waals surface area (Å²) in [5, 5.41) is 0. The second-order valence-electron chi connectivity index (χ2n) is 6.76. The van der Waals surface area contributed by atoms with Crippen LogP contribution in [0.1, 0.15) is 38.5 Å². The highest BCUT2D eigenvalue weighted by atomic mass is 19.3. The molecule has 3 fully saturated rings. The number of rotatable bonds is 3. The molecule has 1 amide bonds. The van der Waals surface area contributed by atoms with Crippen molar-refractivity contribution in [2.45, 2.75) is 57.1 Å². The first-order chi connectivity index (χ1) is 10.6. The van der Waals surface area contributed by atoms with Crippen molar-refractivity contribution < 1.29 is 18.3 Å². The van der Waals surface area contributed by atoms with Crippen LogP contribution in [-0.2, 0) is 9.53 Å². The molecular formula is C16H26F2N2O2. The van der Waals surface area contributed by atoms with Crippen LogP contribution in [-0.4, -0.2) is 67.1 Å². The number of piperidine rings is 1. The fourth-order valence-electron chi connectivity index (χ4n) is 4.16. The normalized spacial score (nSPS) is 31.3. The molecule has 0 aromatic rings. The van der Waals surface area contributed by atoms with Crippen LogP contribution < -0.4 is 0 Å². The smallest absolute Gasteiger partial charge is 0.251 e. The van der Waals surface area contributed by atoms with Gasteiger partial charge in [0.15, 0.2) is 0 Å². The number of carbonyl (C=O) groups is 1. The maximum atomic E-state index is 12.8. The second kappa shape index (κ2) is 7.21. The monoisotopic (exact) mass is 316 g/mol. The van der Waals surface area contributed by atoms with Crippen molar-refractivity contribution in [2.75, 3.05) is 32.8 Å². The van der Waals surface area contributed by atoms with E-state index in [1.807, 2.05) is 4.90 Å². The molecule has 6 heteroatoms. The quantitative estimate of drug-likeness (QED) is 0.800. The Morgan fingerprint density at radius 1 is 1.09 bits per heavy atom. The summed E-state index contributed by atoms with van der Waals surface area (Å²) < 4.78 is 30.7. The van der Waals surface area contributed by atoms with Crippen LogP contribution in [0.4, 0.5) is 8.78 Å². The Morgan fingerprint density at radius 3 is 2.55 bits per heavy atom. The van der Waals surface area contributed by atoms with Crippen LogP contribution in [0.25, 0.3) is 0 Å². The van der Waals surface area contributed by atoms with Crippen LogP contribution >= 0.6 is 0 Å². The number of morpholine rings is 1. The molecule has 0 aromatic heterocycles. The van der Waals surface area contributed by atoms with E-state index < -0.39 is 6.43 Å². The molecule has 4 nitrogen and oxygen atoms in total. The molecule has 2 heterocycles. The highest BCUT2D eigenvalue weighted by Crippen LogP contribution is 2.31. The Kier molecular flexibility index (Phi) is 5.29. The lowest BCUT2D eigenvalue weighted by atomic mass is 9.88. The van der Waals surface area contributed by atoms with Crippen LogP contribution in [0.5, 0.6) is 0 Å². The third kappa shape index (κ3) is 3.59. The minimum Gasteiger partial charge on any atom is -0.374 e. The molecular weight excluding hydrogens is 290 g/mol. The van der Waals surface area contributed by atoms with Crippen molar-refractivity contribution in [3.8, 4) is 0 Å². The first-order valence-corrected chi connectivity index (χ1v) is 8.57. The molecule has 126 valence electrons. The molecule has 2 aliphatic heterocycles. The number of alkyl halides is 2. The van der Waals surface area contributed by atoms with Gasteiger partial charge in [0, 0.05) is 12.5 Å². The summed E-state index contributed by atoms with van der Waals surface area (Å²) in [6.45, 7) is 2.38. The summed E-state index contributed by atoms with van der Waals surface area (Å²) in [4.78, 5) is 16.7. The van der Waals surface area contributed by atoms with Crippen molar-refractivity contribution in [3.63, 3.8) is 0 Å². The first-order valence-electron chi connectivity index (χ1n) is 8.57. The topological polar surface area (TPSA) is 32.8 Å². The van der Waals surface area contributed by atoms with Crippen molar-refractivity contribution in [1.29, 1.82) is 0 Å². The number of carbonyl (C=O) groups excluding carboxylic acids is 1. The highest BCUT2D eigenvalue weighted by molar-refractivity contribution is 5.79. The predicted octanol–water partition coefficient (Wildman–Crippen LogP) is 2.13. The largest absolute Gasteiger partial charge is 0.374 e. The van der Waals surface area contributed by atoms with Gasteiger partial charge < -0.3 is 9.64 Å². The maximum absolute atomic E-state index is 12.8.